The highest BCUT2D eigenvalue weighted by Crippen LogP contribution is 2.33. The third-order valence-corrected chi connectivity index (χ3v) is 3.38. The molecule has 5 heteroatoms. The van der Waals surface area contributed by atoms with Crippen molar-refractivity contribution in [2.75, 3.05) is 19.4 Å². The highest BCUT2D eigenvalue weighted by Gasteiger charge is 2.46. The van der Waals surface area contributed by atoms with E-state index in [9.17, 15) is 9.59 Å². The second-order valence-corrected chi connectivity index (χ2v) is 5.34. The fourth-order valence-electron chi connectivity index (χ4n) is 1.76. The molecule has 1 saturated carbocycles. The summed E-state index contributed by atoms with van der Waals surface area (Å²) in [5.41, 5.74) is 7.24. The molecular weight excluding hydrogens is 242 g/mol. The van der Waals surface area contributed by atoms with Gasteiger partial charge in [-0.2, -0.15) is 0 Å². The molecule has 0 heterocycles. The molecule has 2 amide bonds. The van der Waals surface area contributed by atoms with E-state index in [1.165, 1.54) is 4.90 Å². The Balaban J connectivity index is 2.22. The van der Waals surface area contributed by atoms with Crippen LogP contribution in [0.3, 0.4) is 0 Å². The highest BCUT2D eigenvalue weighted by molar-refractivity contribution is 6.02. The molecule has 1 aliphatic rings. The van der Waals surface area contributed by atoms with Gasteiger partial charge in [0.25, 0.3) is 5.91 Å². The summed E-state index contributed by atoms with van der Waals surface area (Å²) in [7, 11) is 3.39. The molecule has 0 saturated heterocycles. The van der Waals surface area contributed by atoms with Gasteiger partial charge < -0.3 is 16.0 Å². The first-order valence-electron chi connectivity index (χ1n) is 6.26. The highest BCUT2D eigenvalue weighted by atomic mass is 16.2. The monoisotopic (exact) mass is 261 g/mol. The molecule has 0 radical (unpaired) electrons. The van der Waals surface area contributed by atoms with Gasteiger partial charge in [0.15, 0.2) is 0 Å². The number of carbonyl (C=O) groups is 2. The lowest BCUT2D eigenvalue weighted by molar-refractivity contribution is -0.118. The molecular formula is C14H19N3O2. The fourth-order valence-corrected chi connectivity index (χ4v) is 1.76. The first-order valence-corrected chi connectivity index (χ1v) is 6.26. The van der Waals surface area contributed by atoms with E-state index in [1.54, 1.807) is 26.2 Å². The van der Waals surface area contributed by atoms with Crippen LogP contribution in [-0.2, 0) is 4.79 Å². The maximum absolute atomic E-state index is 11.9. The van der Waals surface area contributed by atoms with Crippen LogP contribution in [0.1, 0.15) is 28.8 Å². The molecule has 1 fully saturated rings. The zero-order valence-corrected chi connectivity index (χ0v) is 11.5. The number of benzene rings is 1. The number of nitrogens with zero attached hydrogens (tertiary/aromatic N) is 1. The van der Waals surface area contributed by atoms with Crippen LogP contribution in [0.15, 0.2) is 18.2 Å². The third kappa shape index (κ3) is 2.76. The second kappa shape index (κ2) is 4.66. The van der Waals surface area contributed by atoms with E-state index < -0.39 is 5.54 Å². The second-order valence-electron chi connectivity index (χ2n) is 5.34. The largest absolute Gasteiger partial charge is 0.345 e. The van der Waals surface area contributed by atoms with Crippen molar-refractivity contribution in [1.82, 2.24) is 4.90 Å². The van der Waals surface area contributed by atoms with Gasteiger partial charge in [-0.15, -0.1) is 0 Å². The molecule has 1 aromatic rings. The van der Waals surface area contributed by atoms with Crippen LogP contribution in [-0.4, -0.2) is 36.3 Å². The molecule has 0 bridgehead atoms. The SMILES string of the molecule is Cc1ccc(C(=O)N(C)C)cc1NC(=O)C1(N)CC1. The predicted molar refractivity (Wildman–Crippen MR) is 74.0 cm³/mol. The van der Waals surface area contributed by atoms with Gasteiger partial charge in [0.05, 0.1) is 5.54 Å². The molecule has 1 aromatic carbocycles. The summed E-state index contributed by atoms with van der Waals surface area (Å²) in [6, 6.07) is 5.27. The molecule has 19 heavy (non-hydrogen) atoms. The van der Waals surface area contributed by atoms with Gasteiger partial charge >= 0.3 is 0 Å². The van der Waals surface area contributed by atoms with Crippen LogP contribution in [0.5, 0.6) is 0 Å². The minimum Gasteiger partial charge on any atom is -0.345 e. The molecule has 2 rings (SSSR count). The normalized spacial score (nSPS) is 15.8. The first-order chi connectivity index (χ1) is 8.83. The van der Waals surface area contributed by atoms with Gasteiger partial charge in [-0.3, -0.25) is 9.59 Å². The van der Waals surface area contributed by atoms with Crippen molar-refractivity contribution in [3.8, 4) is 0 Å². The van der Waals surface area contributed by atoms with Crippen LogP contribution >= 0.6 is 0 Å². The molecule has 0 atom stereocenters. The van der Waals surface area contributed by atoms with E-state index in [2.05, 4.69) is 5.32 Å². The summed E-state index contributed by atoms with van der Waals surface area (Å²) in [6.07, 6.45) is 1.43. The molecule has 0 unspecified atom stereocenters. The van der Waals surface area contributed by atoms with Crippen LogP contribution in [0.25, 0.3) is 0 Å². The Bertz CT molecular complexity index is 533. The number of anilines is 1. The Kier molecular flexibility index (Phi) is 3.32. The summed E-state index contributed by atoms with van der Waals surface area (Å²) in [5.74, 6) is -0.269. The van der Waals surface area contributed by atoms with E-state index in [0.717, 1.165) is 5.56 Å². The Morgan fingerprint density at radius 1 is 1.32 bits per heavy atom. The Morgan fingerprint density at radius 3 is 2.47 bits per heavy atom. The average molecular weight is 261 g/mol. The van der Waals surface area contributed by atoms with Crippen LogP contribution in [0.2, 0.25) is 0 Å². The van der Waals surface area contributed by atoms with Gasteiger partial charge in [-0.25, -0.2) is 0 Å². The number of carbonyl (C=O) groups excluding carboxylic acids is 2. The van der Waals surface area contributed by atoms with E-state index >= 15 is 0 Å². The average Bonchev–Trinajstić information content (AvgIpc) is 3.10. The van der Waals surface area contributed by atoms with Crippen molar-refractivity contribution in [3.63, 3.8) is 0 Å². The number of hydrogen-bond donors (Lipinski definition) is 2. The van der Waals surface area contributed by atoms with E-state index in [-0.39, 0.29) is 11.8 Å². The molecule has 102 valence electrons. The van der Waals surface area contributed by atoms with Crippen molar-refractivity contribution in [2.45, 2.75) is 25.3 Å². The number of aryl methyl sites for hydroxylation is 1. The van der Waals surface area contributed by atoms with Crippen molar-refractivity contribution >= 4 is 17.5 Å². The lowest BCUT2D eigenvalue weighted by Gasteiger charge is -2.15. The van der Waals surface area contributed by atoms with Crippen molar-refractivity contribution in [2.24, 2.45) is 5.73 Å². The summed E-state index contributed by atoms with van der Waals surface area (Å²) in [4.78, 5) is 25.3. The number of amides is 2. The number of rotatable bonds is 3. The summed E-state index contributed by atoms with van der Waals surface area (Å²) in [5, 5.41) is 2.81. The van der Waals surface area contributed by atoms with E-state index in [0.29, 0.717) is 24.1 Å². The lowest BCUT2D eigenvalue weighted by Crippen LogP contribution is -2.38. The Labute approximate surface area is 112 Å². The predicted octanol–water partition coefficient (Wildman–Crippen LogP) is 1.13. The zero-order valence-electron chi connectivity index (χ0n) is 11.5. The van der Waals surface area contributed by atoms with Gasteiger partial charge in [0.2, 0.25) is 5.91 Å². The first kappa shape index (κ1) is 13.5. The topological polar surface area (TPSA) is 75.4 Å². The standard InChI is InChI=1S/C14H19N3O2/c1-9-4-5-10(12(18)17(2)3)8-11(9)16-13(19)14(15)6-7-14/h4-5,8H,6-7,15H2,1-3H3,(H,16,19). The Morgan fingerprint density at radius 2 is 1.95 bits per heavy atom. The summed E-state index contributed by atoms with van der Waals surface area (Å²) < 4.78 is 0. The minimum atomic E-state index is -0.714. The molecule has 0 aromatic heterocycles. The van der Waals surface area contributed by atoms with Crippen LogP contribution in [0.4, 0.5) is 5.69 Å². The smallest absolute Gasteiger partial charge is 0.253 e. The minimum absolute atomic E-state index is 0.0932. The summed E-state index contributed by atoms with van der Waals surface area (Å²) >= 11 is 0. The quantitative estimate of drug-likeness (QED) is 0.856. The number of hydrogen-bond acceptors (Lipinski definition) is 3. The van der Waals surface area contributed by atoms with Gasteiger partial charge in [0.1, 0.15) is 0 Å². The van der Waals surface area contributed by atoms with E-state index in [1.807, 2.05) is 13.0 Å². The van der Waals surface area contributed by atoms with Gasteiger partial charge in [-0.1, -0.05) is 6.07 Å². The zero-order chi connectivity index (χ0) is 14.2. The summed E-state index contributed by atoms with van der Waals surface area (Å²) in [6.45, 7) is 1.88. The van der Waals surface area contributed by atoms with Gasteiger partial charge in [0, 0.05) is 25.3 Å². The van der Waals surface area contributed by atoms with Crippen molar-refractivity contribution in [1.29, 1.82) is 0 Å². The van der Waals surface area contributed by atoms with Crippen molar-refractivity contribution in [3.05, 3.63) is 29.3 Å². The van der Waals surface area contributed by atoms with E-state index in [4.69, 9.17) is 5.73 Å². The lowest BCUT2D eigenvalue weighted by atomic mass is 10.1. The molecule has 0 spiro atoms. The Hall–Kier alpha value is -1.88. The maximum atomic E-state index is 11.9. The molecule has 0 aliphatic heterocycles. The fraction of sp³-hybridized carbons (Fsp3) is 0.429. The molecule has 1 aliphatic carbocycles. The van der Waals surface area contributed by atoms with Crippen LogP contribution in [0, 0.1) is 6.92 Å². The molecule has 5 nitrogen and oxygen atoms in total. The van der Waals surface area contributed by atoms with Crippen molar-refractivity contribution < 1.29 is 9.59 Å². The number of nitrogens with two attached hydrogens (primary N) is 1. The third-order valence-electron chi connectivity index (χ3n) is 3.38. The maximum Gasteiger partial charge on any atom is 0.253 e. The number of nitrogens with one attached hydrogen (secondary N) is 1. The molecule has 3 N–H and O–H groups in total. The van der Waals surface area contributed by atoms with Crippen LogP contribution < -0.4 is 11.1 Å². The van der Waals surface area contributed by atoms with Gasteiger partial charge in [-0.05, 0) is 37.5 Å².